The van der Waals surface area contributed by atoms with Crippen LogP contribution in [-0.2, 0) is 14.0 Å². The number of esters is 1. The van der Waals surface area contributed by atoms with E-state index in [1.165, 1.54) is 0 Å². The lowest BCUT2D eigenvalue weighted by Crippen LogP contribution is -2.44. The van der Waals surface area contributed by atoms with E-state index < -0.39 is 8.32 Å². The Bertz CT molecular complexity index is 515. The van der Waals surface area contributed by atoms with Gasteiger partial charge in [0.25, 0.3) is 0 Å². The first-order chi connectivity index (χ1) is 12.3. The van der Waals surface area contributed by atoms with Crippen LogP contribution in [0.4, 0.5) is 0 Å². The Kier molecular flexibility index (Phi) is 6.95. The van der Waals surface area contributed by atoms with Gasteiger partial charge in [-0.1, -0.05) is 46.8 Å². The summed E-state index contributed by atoms with van der Waals surface area (Å²) in [6.07, 6.45) is 6.61. The van der Waals surface area contributed by atoms with E-state index in [0.29, 0.717) is 12.3 Å². The molecular formula is C22H38O3Si. The zero-order valence-corrected chi connectivity index (χ0v) is 18.4. The first-order valence-electron chi connectivity index (χ1n) is 10.4. The highest BCUT2D eigenvalue weighted by molar-refractivity contribution is 6.73. The third-order valence-corrected chi connectivity index (χ3v) is 11.7. The average molecular weight is 379 g/mol. The molecule has 0 N–H and O–H groups in total. The van der Waals surface area contributed by atoms with E-state index >= 15 is 0 Å². The molecule has 1 aliphatic carbocycles. The number of fused-ring (bicyclic) bond motifs is 1. The molecule has 2 fully saturated rings. The van der Waals surface area contributed by atoms with E-state index in [4.69, 9.17) is 9.16 Å². The molecule has 3 nitrogen and oxygen atoms in total. The molecule has 0 aromatic rings. The fraction of sp³-hybridized carbons (Fsp3) is 0.773. The number of allylic oxidation sites excluding steroid dienone is 1. The molecule has 1 heterocycles. The minimum absolute atomic E-state index is 0.00144. The van der Waals surface area contributed by atoms with Gasteiger partial charge < -0.3 is 9.16 Å². The average Bonchev–Trinajstić information content (AvgIpc) is 3.07. The van der Waals surface area contributed by atoms with Crippen molar-refractivity contribution in [3.05, 3.63) is 25.3 Å². The summed E-state index contributed by atoms with van der Waals surface area (Å²) >= 11 is 0. The van der Waals surface area contributed by atoms with E-state index in [2.05, 4.69) is 47.8 Å². The van der Waals surface area contributed by atoms with Crippen molar-refractivity contribution >= 4 is 14.3 Å². The Balaban J connectivity index is 2.35. The Morgan fingerprint density at radius 1 is 1.23 bits per heavy atom. The molecule has 2 rings (SSSR count). The summed E-state index contributed by atoms with van der Waals surface area (Å²) in [4.78, 5) is 12.5. The van der Waals surface area contributed by atoms with Crippen LogP contribution >= 0.6 is 0 Å². The van der Waals surface area contributed by atoms with Gasteiger partial charge in [0.15, 0.2) is 8.32 Å². The van der Waals surface area contributed by atoms with Gasteiger partial charge in [0.1, 0.15) is 6.10 Å². The highest BCUT2D eigenvalue weighted by atomic mass is 28.4. The maximum Gasteiger partial charge on any atom is 0.309 e. The molecule has 0 aromatic heterocycles. The summed E-state index contributed by atoms with van der Waals surface area (Å²) in [6, 6.07) is 3.43. The van der Waals surface area contributed by atoms with E-state index in [-0.39, 0.29) is 35.4 Å². The van der Waals surface area contributed by atoms with Crippen molar-refractivity contribution in [1.82, 2.24) is 0 Å². The second-order valence-electron chi connectivity index (χ2n) is 8.85. The molecule has 26 heavy (non-hydrogen) atoms. The fourth-order valence-electron chi connectivity index (χ4n) is 5.33. The molecule has 5 atom stereocenters. The molecule has 1 saturated carbocycles. The van der Waals surface area contributed by atoms with Gasteiger partial charge in [-0.2, -0.15) is 0 Å². The molecule has 0 unspecified atom stereocenters. The van der Waals surface area contributed by atoms with Gasteiger partial charge in [-0.3, -0.25) is 4.79 Å². The second-order valence-corrected chi connectivity index (χ2v) is 13.6. The van der Waals surface area contributed by atoms with Crippen LogP contribution < -0.4 is 0 Å². The maximum absolute atomic E-state index is 12.5. The van der Waals surface area contributed by atoms with Crippen LogP contribution in [0.3, 0.4) is 0 Å². The van der Waals surface area contributed by atoms with Crippen LogP contribution in [0.5, 0.6) is 0 Å². The van der Waals surface area contributed by atoms with Gasteiger partial charge in [-0.05, 0) is 43.3 Å². The Labute approximate surface area is 161 Å². The Morgan fingerprint density at radius 3 is 2.35 bits per heavy atom. The summed E-state index contributed by atoms with van der Waals surface area (Å²) in [5.41, 5.74) is -0.00144. The molecule has 1 saturated heterocycles. The van der Waals surface area contributed by atoms with Crippen LogP contribution in [0.25, 0.3) is 0 Å². The molecule has 0 spiro atoms. The topological polar surface area (TPSA) is 35.5 Å². The third-order valence-electron chi connectivity index (χ3n) is 7.02. The Morgan fingerprint density at radius 2 is 1.85 bits per heavy atom. The van der Waals surface area contributed by atoms with Gasteiger partial charge in [0.05, 0.1) is 12.0 Å². The van der Waals surface area contributed by atoms with Gasteiger partial charge in [-0.25, -0.2) is 0 Å². The first-order valence-corrected chi connectivity index (χ1v) is 12.9. The predicted molar refractivity (Wildman–Crippen MR) is 110 cm³/mol. The van der Waals surface area contributed by atoms with Gasteiger partial charge in [0, 0.05) is 11.3 Å². The monoisotopic (exact) mass is 378 g/mol. The van der Waals surface area contributed by atoms with Crippen LogP contribution in [-0.4, -0.2) is 26.5 Å². The first kappa shape index (κ1) is 21.4. The predicted octanol–water partition coefficient (Wildman–Crippen LogP) is 5.73. The van der Waals surface area contributed by atoms with Gasteiger partial charge in [-0.15, -0.1) is 13.2 Å². The van der Waals surface area contributed by atoms with E-state index in [1.807, 2.05) is 12.2 Å². The lowest BCUT2D eigenvalue weighted by Gasteiger charge is -2.38. The number of ether oxygens (including phenoxy) is 1. The summed E-state index contributed by atoms with van der Waals surface area (Å²) in [5.74, 6) is 0.472. The largest absolute Gasteiger partial charge is 0.461 e. The van der Waals surface area contributed by atoms with Crippen LogP contribution in [0.1, 0.15) is 53.9 Å². The maximum atomic E-state index is 12.5. The number of hydrogen-bond acceptors (Lipinski definition) is 3. The summed E-state index contributed by atoms with van der Waals surface area (Å²) in [5, 5.41) is 0. The fourth-order valence-corrected chi connectivity index (χ4v) is 8.24. The van der Waals surface area contributed by atoms with Crippen molar-refractivity contribution in [3.63, 3.8) is 0 Å². The highest BCUT2D eigenvalue weighted by Crippen LogP contribution is 2.56. The Hall–Kier alpha value is -0.873. The number of rotatable bonds is 10. The molecular weight excluding hydrogens is 340 g/mol. The molecule has 0 bridgehead atoms. The van der Waals surface area contributed by atoms with Crippen LogP contribution in [0, 0.1) is 23.2 Å². The van der Waals surface area contributed by atoms with Crippen molar-refractivity contribution in [2.24, 2.45) is 23.2 Å². The molecule has 0 aromatic carbocycles. The lowest BCUT2D eigenvalue weighted by molar-refractivity contribution is -0.147. The van der Waals surface area contributed by atoms with Crippen LogP contribution in [0.2, 0.25) is 18.1 Å². The van der Waals surface area contributed by atoms with E-state index in [1.54, 1.807) is 0 Å². The molecule has 1 aliphatic heterocycles. The summed E-state index contributed by atoms with van der Waals surface area (Å²) in [6.45, 7) is 19.2. The third kappa shape index (κ3) is 3.86. The van der Waals surface area contributed by atoms with Crippen molar-refractivity contribution < 1.29 is 14.0 Å². The summed E-state index contributed by atoms with van der Waals surface area (Å²) in [7, 11) is -1.73. The zero-order valence-electron chi connectivity index (χ0n) is 17.4. The normalized spacial score (nSPS) is 31.3. The van der Waals surface area contributed by atoms with E-state index in [9.17, 15) is 4.79 Å². The van der Waals surface area contributed by atoms with Crippen molar-refractivity contribution in [2.45, 2.75) is 84.2 Å². The minimum Gasteiger partial charge on any atom is -0.461 e. The second kappa shape index (κ2) is 8.43. The molecule has 0 radical (unpaired) electrons. The smallest absolute Gasteiger partial charge is 0.309 e. The van der Waals surface area contributed by atoms with Crippen molar-refractivity contribution in [3.8, 4) is 0 Å². The minimum atomic E-state index is -1.73. The zero-order chi connectivity index (χ0) is 19.5. The number of carbonyl (C=O) groups is 1. The molecule has 148 valence electrons. The van der Waals surface area contributed by atoms with Crippen molar-refractivity contribution in [1.29, 1.82) is 0 Å². The number of hydrogen-bond donors (Lipinski definition) is 0. The molecule has 4 heteroatoms. The van der Waals surface area contributed by atoms with Crippen LogP contribution in [0.15, 0.2) is 25.3 Å². The SMILES string of the molecule is C=CC[C@@H]1C(=O)O[C@@H]2[C@H]1[C@H]([C@@H](CC=C)O[Si](CC)(CC)CC)CC2(C)C. The number of carbonyl (C=O) groups excluding carboxylic acids is 1. The van der Waals surface area contributed by atoms with Crippen molar-refractivity contribution in [2.75, 3.05) is 0 Å². The lowest BCUT2D eigenvalue weighted by atomic mass is 9.79. The van der Waals surface area contributed by atoms with Gasteiger partial charge in [0.2, 0.25) is 0 Å². The highest BCUT2D eigenvalue weighted by Gasteiger charge is 2.61. The molecule has 0 amide bonds. The van der Waals surface area contributed by atoms with E-state index in [0.717, 1.165) is 31.0 Å². The standard InChI is InChI=1S/C22H38O3Si/c1-8-13-16-19-17(15-22(6,7)20(19)24-21(16)23)18(14-9-2)25-26(10-3,11-4)12-5/h8-9,16-20H,1-2,10-15H2,3-7H3/t16-,17-,18+,19+,20+/m0/s1. The quantitative estimate of drug-likeness (QED) is 0.276. The summed E-state index contributed by atoms with van der Waals surface area (Å²) < 4.78 is 12.8. The molecule has 2 aliphatic rings. The van der Waals surface area contributed by atoms with Gasteiger partial charge >= 0.3 is 5.97 Å².